The first kappa shape index (κ1) is 25.3. The number of amides is 1. The zero-order chi connectivity index (χ0) is 24.0. The highest BCUT2D eigenvalue weighted by molar-refractivity contribution is 7.18. The van der Waals surface area contributed by atoms with Crippen molar-refractivity contribution in [1.29, 1.82) is 0 Å². The molecule has 0 unspecified atom stereocenters. The third-order valence-electron chi connectivity index (χ3n) is 4.49. The molecule has 0 aliphatic heterocycles. The van der Waals surface area contributed by atoms with Gasteiger partial charge in [-0.15, -0.1) is 11.3 Å². The maximum absolute atomic E-state index is 12.7. The molecule has 0 bridgehead atoms. The van der Waals surface area contributed by atoms with Crippen molar-refractivity contribution in [2.24, 2.45) is 0 Å². The Kier molecular flexibility index (Phi) is 8.78. The first-order valence-corrected chi connectivity index (χ1v) is 11.5. The van der Waals surface area contributed by atoms with E-state index in [4.69, 9.17) is 9.47 Å². The summed E-state index contributed by atoms with van der Waals surface area (Å²) in [7, 11) is 0. The summed E-state index contributed by atoms with van der Waals surface area (Å²) in [4.78, 5) is 38.0. The van der Waals surface area contributed by atoms with Crippen molar-refractivity contribution in [3.8, 4) is 0 Å². The van der Waals surface area contributed by atoms with Crippen molar-refractivity contribution in [2.75, 3.05) is 5.32 Å². The number of hydrogen-bond donors (Lipinski definition) is 1. The number of carbonyl (C=O) groups excluding carboxylic acids is 3. The van der Waals surface area contributed by atoms with Crippen LogP contribution in [0.5, 0.6) is 0 Å². The normalized spacial score (nSPS) is 11.4. The Morgan fingerprint density at radius 3 is 2.00 bits per heavy atom. The van der Waals surface area contributed by atoms with E-state index in [1.54, 1.807) is 40.7 Å². The molecule has 2 aromatic rings. The molecule has 1 heterocycles. The summed E-state index contributed by atoms with van der Waals surface area (Å²) in [5, 5.41) is 2.98. The molecule has 172 valence electrons. The number of thiophene rings is 1. The lowest BCUT2D eigenvalue weighted by molar-refractivity contribution is -0.111. The second-order valence-corrected chi connectivity index (χ2v) is 9.33. The van der Waals surface area contributed by atoms with Crippen LogP contribution >= 0.6 is 11.3 Å². The van der Waals surface area contributed by atoms with E-state index in [0.29, 0.717) is 11.5 Å². The van der Waals surface area contributed by atoms with Gasteiger partial charge in [0, 0.05) is 6.08 Å². The number of rotatable bonds is 8. The minimum absolute atomic E-state index is 0.169. The topological polar surface area (TPSA) is 81.7 Å². The lowest BCUT2D eigenvalue weighted by Gasteiger charge is -2.10. The highest BCUT2D eigenvalue weighted by atomic mass is 32.1. The molecule has 0 radical (unpaired) electrons. The van der Waals surface area contributed by atoms with Gasteiger partial charge in [0.15, 0.2) is 0 Å². The van der Waals surface area contributed by atoms with E-state index in [2.05, 4.69) is 19.2 Å². The zero-order valence-electron chi connectivity index (χ0n) is 19.6. The molecule has 1 aromatic carbocycles. The third kappa shape index (κ3) is 6.79. The smallest absolute Gasteiger partial charge is 0.348 e. The molecule has 0 fully saturated rings. The van der Waals surface area contributed by atoms with Crippen LogP contribution in [-0.2, 0) is 14.3 Å². The lowest BCUT2D eigenvalue weighted by atomic mass is 10.0. The van der Waals surface area contributed by atoms with Gasteiger partial charge >= 0.3 is 11.9 Å². The van der Waals surface area contributed by atoms with E-state index >= 15 is 0 Å². The minimum atomic E-state index is -0.596. The molecule has 0 spiro atoms. The first-order valence-electron chi connectivity index (χ1n) is 10.6. The maximum atomic E-state index is 12.7. The molecule has 1 aromatic heterocycles. The lowest BCUT2D eigenvalue weighted by Crippen LogP contribution is -2.16. The van der Waals surface area contributed by atoms with Crippen LogP contribution in [-0.4, -0.2) is 30.1 Å². The monoisotopic (exact) mass is 457 g/mol. The van der Waals surface area contributed by atoms with Crippen LogP contribution in [0.4, 0.5) is 5.00 Å². The van der Waals surface area contributed by atoms with E-state index in [0.717, 1.165) is 16.9 Å². The highest BCUT2D eigenvalue weighted by Gasteiger charge is 2.28. The van der Waals surface area contributed by atoms with E-state index in [9.17, 15) is 14.4 Å². The molecule has 0 saturated carbocycles. The van der Waals surface area contributed by atoms with Gasteiger partial charge in [-0.1, -0.05) is 38.1 Å². The van der Waals surface area contributed by atoms with Gasteiger partial charge < -0.3 is 14.8 Å². The Labute approximate surface area is 193 Å². The van der Waals surface area contributed by atoms with Crippen molar-refractivity contribution in [3.63, 3.8) is 0 Å². The molecule has 6 nitrogen and oxygen atoms in total. The second-order valence-electron chi connectivity index (χ2n) is 8.31. The average Bonchev–Trinajstić information content (AvgIpc) is 3.01. The molecule has 7 heteroatoms. The summed E-state index contributed by atoms with van der Waals surface area (Å²) in [5.41, 5.74) is 2.69. The quantitative estimate of drug-likeness (QED) is 0.390. The predicted octanol–water partition coefficient (Wildman–Crippen LogP) is 5.96. The zero-order valence-corrected chi connectivity index (χ0v) is 20.5. The molecule has 0 aliphatic rings. The maximum Gasteiger partial charge on any atom is 0.348 e. The summed E-state index contributed by atoms with van der Waals surface area (Å²) >= 11 is 1.01. The Morgan fingerprint density at radius 2 is 1.47 bits per heavy atom. The van der Waals surface area contributed by atoms with Gasteiger partial charge in [-0.3, -0.25) is 4.79 Å². The number of nitrogens with one attached hydrogen (secondary N) is 1. The van der Waals surface area contributed by atoms with Gasteiger partial charge in [0.2, 0.25) is 5.91 Å². The molecule has 2 rings (SSSR count). The minimum Gasteiger partial charge on any atom is -0.459 e. The summed E-state index contributed by atoms with van der Waals surface area (Å²) < 4.78 is 10.6. The first-order chi connectivity index (χ1) is 15.0. The van der Waals surface area contributed by atoms with Gasteiger partial charge in [-0.25, -0.2) is 9.59 Å². The number of ether oxygens (including phenoxy) is 2. The van der Waals surface area contributed by atoms with Crippen LogP contribution in [0.3, 0.4) is 0 Å². The van der Waals surface area contributed by atoms with Crippen molar-refractivity contribution >= 4 is 40.3 Å². The third-order valence-corrected chi connectivity index (χ3v) is 5.68. The van der Waals surface area contributed by atoms with Gasteiger partial charge in [0.25, 0.3) is 0 Å². The van der Waals surface area contributed by atoms with Crippen LogP contribution in [0.2, 0.25) is 0 Å². The molecule has 32 heavy (non-hydrogen) atoms. The van der Waals surface area contributed by atoms with Crippen LogP contribution in [0.15, 0.2) is 30.3 Å². The van der Waals surface area contributed by atoms with Crippen LogP contribution < -0.4 is 5.32 Å². The number of anilines is 1. The second kappa shape index (κ2) is 11.1. The number of hydrogen-bond acceptors (Lipinski definition) is 6. The Hall–Kier alpha value is -2.93. The fourth-order valence-electron chi connectivity index (χ4n) is 2.90. The summed E-state index contributed by atoms with van der Waals surface area (Å²) in [5.74, 6) is -1.12. The number of carbonyl (C=O) groups is 3. The summed E-state index contributed by atoms with van der Waals surface area (Å²) in [6.07, 6.45) is 2.44. The van der Waals surface area contributed by atoms with Crippen molar-refractivity contribution < 1.29 is 23.9 Å². The highest BCUT2D eigenvalue weighted by Crippen LogP contribution is 2.34. The fourth-order valence-corrected chi connectivity index (χ4v) is 3.98. The van der Waals surface area contributed by atoms with Crippen molar-refractivity contribution in [2.45, 2.75) is 66.6 Å². The van der Waals surface area contributed by atoms with E-state index in [-0.39, 0.29) is 27.6 Å². The molecule has 1 amide bonds. The number of esters is 2. The molecular formula is C25H31NO5S. The van der Waals surface area contributed by atoms with Crippen molar-refractivity contribution in [1.82, 2.24) is 0 Å². The average molecular weight is 458 g/mol. The van der Waals surface area contributed by atoms with Crippen LogP contribution in [0, 0.1) is 6.92 Å². The van der Waals surface area contributed by atoms with Gasteiger partial charge in [0.05, 0.1) is 17.8 Å². The standard InChI is InChI=1S/C25H31NO5S/c1-14(2)19-11-8-18(9-12-19)10-13-20(27)26-23-21(24(28)30-15(3)4)17(7)22(32-23)25(29)31-16(5)6/h8-16H,1-7H3,(H,26,27)/b13-10+. The van der Waals surface area contributed by atoms with Crippen LogP contribution in [0.1, 0.15) is 84.2 Å². The largest absolute Gasteiger partial charge is 0.459 e. The van der Waals surface area contributed by atoms with Crippen molar-refractivity contribution in [3.05, 3.63) is 57.5 Å². The summed E-state index contributed by atoms with van der Waals surface area (Å²) in [6.45, 7) is 12.8. The molecular weight excluding hydrogens is 426 g/mol. The molecule has 0 saturated heterocycles. The van der Waals surface area contributed by atoms with Gasteiger partial charge in [0.1, 0.15) is 9.88 Å². The van der Waals surface area contributed by atoms with E-state index in [1.165, 1.54) is 11.6 Å². The van der Waals surface area contributed by atoms with Crippen LogP contribution in [0.25, 0.3) is 6.08 Å². The van der Waals surface area contributed by atoms with E-state index < -0.39 is 17.8 Å². The van der Waals surface area contributed by atoms with E-state index in [1.807, 2.05) is 24.3 Å². The Bertz CT molecular complexity index is 1000. The predicted molar refractivity (Wildman–Crippen MR) is 128 cm³/mol. The summed E-state index contributed by atoms with van der Waals surface area (Å²) in [6, 6.07) is 7.94. The molecule has 1 N–H and O–H groups in total. The Morgan fingerprint density at radius 1 is 0.906 bits per heavy atom. The van der Waals surface area contributed by atoms with Gasteiger partial charge in [-0.2, -0.15) is 0 Å². The molecule has 0 aliphatic carbocycles. The Balaban J connectivity index is 2.28. The van der Waals surface area contributed by atoms with Gasteiger partial charge in [-0.05, 0) is 63.3 Å². The fraction of sp³-hybridized carbons (Fsp3) is 0.400. The molecule has 0 atom stereocenters. The number of benzene rings is 1. The SMILES string of the molecule is Cc1c(C(=O)OC(C)C)sc(NC(=O)/C=C/c2ccc(C(C)C)cc2)c1C(=O)OC(C)C.